The van der Waals surface area contributed by atoms with Gasteiger partial charge in [0, 0.05) is 0 Å². The second-order valence-electron chi connectivity index (χ2n) is 4.75. The van der Waals surface area contributed by atoms with Crippen molar-refractivity contribution in [3.8, 4) is 0 Å². The zero-order chi connectivity index (χ0) is 12.0. The Hall–Kier alpha value is -0.860. The topological polar surface area (TPSA) is 32.3 Å². The number of rotatable bonds is 6. The summed E-state index contributed by atoms with van der Waals surface area (Å²) in [4.78, 5) is 0. The summed E-state index contributed by atoms with van der Waals surface area (Å²) in [6.07, 6.45) is 1.16. The molecular formula is C14H23NO. The molecule has 1 aromatic carbocycles. The van der Waals surface area contributed by atoms with Gasteiger partial charge in [0.05, 0.1) is 12.1 Å². The molecular weight excluding hydrogens is 198 g/mol. The van der Waals surface area contributed by atoms with Crippen LogP contribution in [-0.4, -0.2) is 18.3 Å². The molecule has 2 heteroatoms. The standard InChI is InChI=1S/C14H23NO/c1-4-12(2)10-15-14(3,11-16)13-8-6-5-7-9-13/h5-9,12,15-16H,4,10-11H2,1-3H3. The predicted molar refractivity (Wildman–Crippen MR) is 68.3 cm³/mol. The van der Waals surface area contributed by atoms with Gasteiger partial charge in [-0.25, -0.2) is 0 Å². The maximum Gasteiger partial charge on any atom is 0.0652 e. The lowest BCUT2D eigenvalue weighted by molar-refractivity contribution is 0.169. The number of hydrogen-bond acceptors (Lipinski definition) is 2. The van der Waals surface area contributed by atoms with Gasteiger partial charge in [-0.15, -0.1) is 0 Å². The van der Waals surface area contributed by atoms with E-state index in [0.29, 0.717) is 5.92 Å². The van der Waals surface area contributed by atoms with Crippen molar-refractivity contribution in [1.29, 1.82) is 0 Å². The molecule has 2 unspecified atom stereocenters. The fraction of sp³-hybridized carbons (Fsp3) is 0.571. The summed E-state index contributed by atoms with van der Waals surface area (Å²) in [5.41, 5.74) is 0.811. The van der Waals surface area contributed by atoms with Gasteiger partial charge in [0.25, 0.3) is 0 Å². The molecule has 0 saturated carbocycles. The fourth-order valence-corrected chi connectivity index (χ4v) is 1.60. The zero-order valence-electron chi connectivity index (χ0n) is 10.5. The molecule has 0 amide bonds. The van der Waals surface area contributed by atoms with Crippen LogP contribution in [-0.2, 0) is 5.54 Å². The van der Waals surface area contributed by atoms with Crippen molar-refractivity contribution in [3.63, 3.8) is 0 Å². The molecule has 2 nitrogen and oxygen atoms in total. The van der Waals surface area contributed by atoms with E-state index in [-0.39, 0.29) is 12.1 Å². The lowest BCUT2D eigenvalue weighted by Crippen LogP contribution is -2.44. The Kier molecular flexibility index (Phi) is 4.97. The van der Waals surface area contributed by atoms with E-state index in [2.05, 4.69) is 31.3 Å². The van der Waals surface area contributed by atoms with E-state index in [1.807, 2.05) is 25.1 Å². The van der Waals surface area contributed by atoms with Gasteiger partial charge in [-0.05, 0) is 24.9 Å². The first-order chi connectivity index (χ1) is 7.62. The third-order valence-corrected chi connectivity index (χ3v) is 3.26. The van der Waals surface area contributed by atoms with Crippen LogP contribution in [0.1, 0.15) is 32.8 Å². The van der Waals surface area contributed by atoms with Crippen LogP contribution in [0.4, 0.5) is 0 Å². The lowest BCUT2D eigenvalue weighted by atomic mass is 9.92. The summed E-state index contributed by atoms with van der Waals surface area (Å²) in [5.74, 6) is 0.634. The Labute approximate surface area is 98.7 Å². The third kappa shape index (κ3) is 3.32. The van der Waals surface area contributed by atoms with Crippen LogP contribution in [0.25, 0.3) is 0 Å². The van der Waals surface area contributed by atoms with Crippen LogP contribution in [0.15, 0.2) is 30.3 Å². The van der Waals surface area contributed by atoms with E-state index in [1.54, 1.807) is 0 Å². The summed E-state index contributed by atoms with van der Waals surface area (Å²) in [6, 6.07) is 10.1. The number of nitrogens with one attached hydrogen (secondary N) is 1. The second-order valence-corrected chi connectivity index (χ2v) is 4.75. The van der Waals surface area contributed by atoms with E-state index >= 15 is 0 Å². The molecule has 2 atom stereocenters. The first kappa shape index (κ1) is 13.2. The Balaban J connectivity index is 2.70. The highest BCUT2D eigenvalue weighted by Gasteiger charge is 2.24. The quantitative estimate of drug-likeness (QED) is 0.773. The van der Waals surface area contributed by atoms with Crippen molar-refractivity contribution in [3.05, 3.63) is 35.9 Å². The summed E-state index contributed by atoms with van der Waals surface area (Å²) in [7, 11) is 0. The average Bonchev–Trinajstić information content (AvgIpc) is 2.36. The largest absolute Gasteiger partial charge is 0.394 e. The highest BCUT2D eigenvalue weighted by Crippen LogP contribution is 2.20. The molecule has 0 aliphatic carbocycles. The molecule has 0 radical (unpaired) electrons. The molecule has 1 aromatic rings. The Bertz CT molecular complexity index is 299. The van der Waals surface area contributed by atoms with E-state index < -0.39 is 0 Å². The number of aliphatic hydroxyl groups is 1. The third-order valence-electron chi connectivity index (χ3n) is 3.26. The van der Waals surface area contributed by atoms with Gasteiger partial charge in [0.15, 0.2) is 0 Å². The fourth-order valence-electron chi connectivity index (χ4n) is 1.60. The van der Waals surface area contributed by atoms with Crippen molar-refractivity contribution < 1.29 is 5.11 Å². The minimum atomic E-state index is -0.329. The normalized spacial score (nSPS) is 16.8. The smallest absolute Gasteiger partial charge is 0.0652 e. The molecule has 0 aliphatic rings. The van der Waals surface area contributed by atoms with Gasteiger partial charge in [-0.3, -0.25) is 0 Å². The van der Waals surface area contributed by atoms with E-state index in [4.69, 9.17) is 0 Å². The molecule has 2 N–H and O–H groups in total. The molecule has 0 fully saturated rings. The van der Waals surface area contributed by atoms with Crippen LogP contribution < -0.4 is 5.32 Å². The van der Waals surface area contributed by atoms with Crippen LogP contribution in [0, 0.1) is 5.92 Å². The van der Waals surface area contributed by atoms with Crippen LogP contribution in [0.3, 0.4) is 0 Å². The SMILES string of the molecule is CCC(C)CNC(C)(CO)c1ccccc1. The summed E-state index contributed by atoms with van der Waals surface area (Å²) < 4.78 is 0. The Morgan fingerprint density at radius 1 is 1.31 bits per heavy atom. The molecule has 0 spiro atoms. The highest BCUT2D eigenvalue weighted by molar-refractivity contribution is 5.23. The number of benzene rings is 1. The van der Waals surface area contributed by atoms with Gasteiger partial charge in [-0.2, -0.15) is 0 Å². The van der Waals surface area contributed by atoms with Crippen molar-refractivity contribution >= 4 is 0 Å². The molecule has 0 aliphatic heterocycles. The van der Waals surface area contributed by atoms with E-state index in [1.165, 1.54) is 0 Å². The minimum absolute atomic E-state index is 0.118. The Morgan fingerprint density at radius 2 is 1.94 bits per heavy atom. The van der Waals surface area contributed by atoms with Crippen LogP contribution >= 0.6 is 0 Å². The number of aliphatic hydroxyl groups excluding tert-OH is 1. The molecule has 0 heterocycles. The second kappa shape index (κ2) is 6.02. The molecule has 0 aromatic heterocycles. The monoisotopic (exact) mass is 221 g/mol. The minimum Gasteiger partial charge on any atom is -0.394 e. The molecule has 0 saturated heterocycles. The first-order valence-corrected chi connectivity index (χ1v) is 6.03. The molecule has 0 bridgehead atoms. The van der Waals surface area contributed by atoms with E-state index in [9.17, 15) is 5.11 Å². The molecule has 90 valence electrons. The predicted octanol–water partition coefficient (Wildman–Crippen LogP) is 2.53. The average molecular weight is 221 g/mol. The molecule has 16 heavy (non-hydrogen) atoms. The molecule has 1 rings (SSSR count). The maximum atomic E-state index is 9.56. The van der Waals surface area contributed by atoms with Crippen molar-refractivity contribution in [2.45, 2.75) is 32.7 Å². The van der Waals surface area contributed by atoms with Gasteiger partial charge >= 0.3 is 0 Å². The van der Waals surface area contributed by atoms with Gasteiger partial charge < -0.3 is 10.4 Å². The lowest BCUT2D eigenvalue weighted by Gasteiger charge is -2.30. The summed E-state index contributed by atoms with van der Waals surface area (Å²) in [5, 5.41) is 13.0. The maximum absolute atomic E-state index is 9.56. The van der Waals surface area contributed by atoms with Gasteiger partial charge in [-0.1, -0.05) is 50.6 Å². The van der Waals surface area contributed by atoms with Crippen LogP contribution in [0.2, 0.25) is 0 Å². The van der Waals surface area contributed by atoms with Crippen molar-refractivity contribution in [1.82, 2.24) is 5.32 Å². The summed E-state index contributed by atoms with van der Waals surface area (Å²) in [6.45, 7) is 7.50. The highest BCUT2D eigenvalue weighted by atomic mass is 16.3. The zero-order valence-corrected chi connectivity index (χ0v) is 10.5. The van der Waals surface area contributed by atoms with Gasteiger partial charge in [0.1, 0.15) is 0 Å². The van der Waals surface area contributed by atoms with Crippen molar-refractivity contribution in [2.75, 3.05) is 13.2 Å². The summed E-state index contributed by atoms with van der Waals surface area (Å²) >= 11 is 0. The Morgan fingerprint density at radius 3 is 2.44 bits per heavy atom. The van der Waals surface area contributed by atoms with Crippen LogP contribution in [0.5, 0.6) is 0 Å². The number of hydrogen-bond donors (Lipinski definition) is 2. The first-order valence-electron chi connectivity index (χ1n) is 6.03. The van der Waals surface area contributed by atoms with Gasteiger partial charge in [0.2, 0.25) is 0 Å². The van der Waals surface area contributed by atoms with Crippen molar-refractivity contribution in [2.24, 2.45) is 5.92 Å². The van der Waals surface area contributed by atoms with E-state index in [0.717, 1.165) is 18.5 Å².